The summed E-state index contributed by atoms with van der Waals surface area (Å²) in [5.74, 6) is -1.07. The Morgan fingerprint density at radius 2 is 1.94 bits per heavy atom. The van der Waals surface area contributed by atoms with Gasteiger partial charge in [0.2, 0.25) is 0 Å². The Balaban J connectivity index is 1.66. The highest BCUT2D eigenvalue weighted by atomic mass is 32.2. The van der Waals surface area contributed by atoms with Gasteiger partial charge in [0.25, 0.3) is 11.1 Å². The summed E-state index contributed by atoms with van der Waals surface area (Å²) in [4.78, 5) is 38.0. The molecule has 0 bridgehead atoms. The first-order chi connectivity index (χ1) is 15.0. The zero-order valence-corrected chi connectivity index (χ0v) is 18.1. The van der Waals surface area contributed by atoms with E-state index < -0.39 is 17.1 Å². The van der Waals surface area contributed by atoms with Gasteiger partial charge in [0.1, 0.15) is 6.54 Å². The minimum atomic E-state index is -0.596. The number of aryl methyl sites for hydroxylation is 1. The number of rotatable bonds is 6. The number of carbonyl (C=O) groups is 3. The molecule has 0 N–H and O–H groups in total. The van der Waals surface area contributed by atoms with Crippen LogP contribution in [0.15, 0.2) is 59.6 Å². The molecule has 6 nitrogen and oxygen atoms in total. The summed E-state index contributed by atoms with van der Waals surface area (Å²) in [6.45, 7) is 4.27. The first-order valence-electron chi connectivity index (χ1n) is 10.0. The van der Waals surface area contributed by atoms with E-state index in [1.165, 1.54) is 11.1 Å². The van der Waals surface area contributed by atoms with Gasteiger partial charge in [-0.15, -0.1) is 0 Å². The van der Waals surface area contributed by atoms with E-state index in [9.17, 15) is 14.4 Å². The van der Waals surface area contributed by atoms with Crippen LogP contribution in [0, 0.1) is 6.92 Å². The molecule has 0 radical (unpaired) electrons. The zero-order valence-electron chi connectivity index (χ0n) is 17.3. The second kappa shape index (κ2) is 8.81. The first-order valence-corrected chi connectivity index (χ1v) is 10.8. The van der Waals surface area contributed by atoms with Crippen LogP contribution in [0.3, 0.4) is 0 Å². The van der Waals surface area contributed by atoms with Crippen LogP contribution in [0.2, 0.25) is 0 Å². The van der Waals surface area contributed by atoms with E-state index in [4.69, 9.17) is 4.74 Å². The molecule has 1 aliphatic heterocycles. The second-order valence-corrected chi connectivity index (χ2v) is 8.28. The maximum absolute atomic E-state index is 12.7. The molecule has 7 heteroatoms. The van der Waals surface area contributed by atoms with Crippen LogP contribution in [0.25, 0.3) is 17.0 Å². The molecule has 0 spiro atoms. The van der Waals surface area contributed by atoms with Crippen molar-refractivity contribution in [2.75, 3.05) is 13.2 Å². The van der Waals surface area contributed by atoms with Crippen LogP contribution in [0.4, 0.5) is 4.79 Å². The second-order valence-electron chi connectivity index (χ2n) is 7.29. The summed E-state index contributed by atoms with van der Waals surface area (Å²) in [5.41, 5.74) is 4.28. The monoisotopic (exact) mass is 434 g/mol. The zero-order chi connectivity index (χ0) is 22.0. The number of hydrogen-bond acceptors (Lipinski definition) is 5. The average Bonchev–Trinajstić information content (AvgIpc) is 3.21. The normalized spacial score (nSPS) is 15.3. The number of carbonyl (C=O) groups excluding carboxylic acids is 3. The Morgan fingerprint density at radius 1 is 1.13 bits per heavy atom. The maximum Gasteiger partial charge on any atom is 0.326 e. The molecular weight excluding hydrogens is 412 g/mol. The molecule has 31 heavy (non-hydrogen) atoms. The van der Waals surface area contributed by atoms with Gasteiger partial charge in [-0.3, -0.25) is 19.3 Å². The molecule has 2 aromatic carbocycles. The van der Waals surface area contributed by atoms with E-state index in [0.717, 1.165) is 33.1 Å². The highest BCUT2D eigenvalue weighted by Gasteiger charge is 2.36. The van der Waals surface area contributed by atoms with Crippen molar-refractivity contribution in [2.24, 2.45) is 0 Å². The van der Waals surface area contributed by atoms with E-state index in [-0.39, 0.29) is 13.2 Å². The predicted octanol–water partition coefficient (Wildman–Crippen LogP) is 4.60. The lowest BCUT2D eigenvalue weighted by Gasteiger charge is -2.10. The Hall–Kier alpha value is -3.32. The molecule has 1 fully saturated rings. The van der Waals surface area contributed by atoms with Gasteiger partial charge < -0.3 is 9.30 Å². The lowest BCUT2D eigenvalue weighted by Crippen LogP contribution is -2.34. The summed E-state index contributed by atoms with van der Waals surface area (Å²) in [6, 6.07) is 16.3. The van der Waals surface area contributed by atoms with Crippen LogP contribution in [0.1, 0.15) is 23.6 Å². The number of benzene rings is 2. The predicted molar refractivity (Wildman–Crippen MR) is 122 cm³/mol. The van der Waals surface area contributed by atoms with Gasteiger partial charge in [0, 0.05) is 29.2 Å². The van der Waals surface area contributed by atoms with Crippen molar-refractivity contribution in [1.82, 2.24) is 9.47 Å². The molecule has 0 unspecified atom stereocenters. The third-order valence-electron chi connectivity index (χ3n) is 5.01. The van der Waals surface area contributed by atoms with Crippen molar-refractivity contribution in [3.8, 4) is 0 Å². The highest BCUT2D eigenvalue weighted by Crippen LogP contribution is 2.34. The fourth-order valence-corrected chi connectivity index (χ4v) is 4.47. The number of esters is 1. The smallest absolute Gasteiger partial charge is 0.326 e. The fourth-order valence-electron chi connectivity index (χ4n) is 3.64. The topological polar surface area (TPSA) is 68.6 Å². The molecule has 158 valence electrons. The number of amides is 2. The number of ether oxygens (including phenoxy) is 1. The summed E-state index contributed by atoms with van der Waals surface area (Å²) in [5, 5.41) is 0.528. The quantitative estimate of drug-likeness (QED) is 0.419. The van der Waals surface area contributed by atoms with Crippen molar-refractivity contribution in [3.63, 3.8) is 0 Å². The van der Waals surface area contributed by atoms with Gasteiger partial charge in [0.15, 0.2) is 0 Å². The van der Waals surface area contributed by atoms with Crippen molar-refractivity contribution in [3.05, 3.63) is 76.3 Å². The standard InChI is InChI=1S/C24H22N2O4S/c1-3-30-22(27)15-26-23(28)21(31-24(26)29)12-18-14-25(20-10-5-4-9-19(18)20)13-17-8-6-7-16(2)11-17/h4-12,14H,3,13,15H2,1-2H3/b21-12+. The van der Waals surface area contributed by atoms with Crippen LogP contribution in [0.5, 0.6) is 0 Å². The van der Waals surface area contributed by atoms with E-state index in [2.05, 4.69) is 29.7 Å². The molecule has 0 atom stereocenters. The first kappa shape index (κ1) is 20.9. The number of fused-ring (bicyclic) bond motifs is 1. The van der Waals surface area contributed by atoms with E-state index in [1.807, 2.05) is 36.5 Å². The summed E-state index contributed by atoms with van der Waals surface area (Å²) in [7, 11) is 0. The molecule has 2 amide bonds. The Morgan fingerprint density at radius 3 is 2.71 bits per heavy atom. The third kappa shape index (κ3) is 4.41. The number of aromatic nitrogens is 1. The van der Waals surface area contributed by atoms with E-state index in [0.29, 0.717) is 11.4 Å². The molecule has 3 aromatic rings. The van der Waals surface area contributed by atoms with Crippen molar-refractivity contribution < 1.29 is 19.1 Å². The minimum Gasteiger partial charge on any atom is -0.465 e. The van der Waals surface area contributed by atoms with Crippen molar-refractivity contribution >= 4 is 45.9 Å². The van der Waals surface area contributed by atoms with Crippen LogP contribution in [-0.2, 0) is 20.9 Å². The van der Waals surface area contributed by atoms with Gasteiger partial charge in [-0.05, 0) is 43.3 Å². The maximum atomic E-state index is 12.7. The summed E-state index contributed by atoms with van der Waals surface area (Å²) < 4.78 is 7.00. The highest BCUT2D eigenvalue weighted by molar-refractivity contribution is 8.18. The average molecular weight is 435 g/mol. The summed E-state index contributed by atoms with van der Waals surface area (Å²) in [6.07, 6.45) is 3.72. The van der Waals surface area contributed by atoms with Gasteiger partial charge in [-0.1, -0.05) is 48.0 Å². The molecule has 4 rings (SSSR count). The lowest BCUT2D eigenvalue weighted by atomic mass is 10.1. The van der Waals surface area contributed by atoms with Crippen LogP contribution >= 0.6 is 11.8 Å². The van der Waals surface area contributed by atoms with Gasteiger partial charge in [-0.2, -0.15) is 0 Å². The Kier molecular flexibility index (Phi) is 5.95. The fraction of sp³-hybridized carbons (Fsp3) is 0.208. The number of hydrogen-bond donors (Lipinski definition) is 0. The molecule has 0 aliphatic carbocycles. The number of imide groups is 1. The van der Waals surface area contributed by atoms with Gasteiger partial charge >= 0.3 is 5.97 Å². The van der Waals surface area contributed by atoms with E-state index >= 15 is 0 Å². The number of nitrogens with zero attached hydrogens (tertiary/aromatic N) is 2. The molecule has 2 heterocycles. The van der Waals surface area contributed by atoms with E-state index in [1.54, 1.807) is 13.0 Å². The number of thioether (sulfide) groups is 1. The Labute approximate surface area is 184 Å². The minimum absolute atomic E-state index is 0.200. The molecular formula is C24H22N2O4S. The van der Waals surface area contributed by atoms with Crippen LogP contribution in [-0.4, -0.2) is 39.7 Å². The van der Waals surface area contributed by atoms with Gasteiger partial charge in [0.05, 0.1) is 11.5 Å². The van der Waals surface area contributed by atoms with Gasteiger partial charge in [-0.25, -0.2) is 0 Å². The SMILES string of the molecule is CCOC(=O)CN1C(=O)S/C(=C/c2cn(Cc3cccc(C)c3)c3ccccc23)C1=O. The summed E-state index contributed by atoms with van der Waals surface area (Å²) >= 11 is 0.842. The third-order valence-corrected chi connectivity index (χ3v) is 5.91. The number of para-hydroxylation sites is 1. The lowest BCUT2D eigenvalue weighted by molar-refractivity contribution is -0.145. The molecule has 1 saturated heterocycles. The molecule has 0 saturated carbocycles. The molecule has 1 aromatic heterocycles. The van der Waals surface area contributed by atoms with Crippen LogP contribution < -0.4 is 0 Å². The Bertz CT molecular complexity index is 1210. The van der Waals surface area contributed by atoms with Crippen molar-refractivity contribution in [1.29, 1.82) is 0 Å². The van der Waals surface area contributed by atoms with Crippen molar-refractivity contribution in [2.45, 2.75) is 20.4 Å². The largest absolute Gasteiger partial charge is 0.465 e. The molecule has 1 aliphatic rings.